The summed E-state index contributed by atoms with van der Waals surface area (Å²) in [5.74, 6) is 0.234. The van der Waals surface area contributed by atoms with Gasteiger partial charge in [0.1, 0.15) is 0 Å². The third-order valence-electron chi connectivity index (χ3n) is 6.33. The number of alkyl halides is 3. The molecule has 2 aliphatic rings. The van der Waals surface area contributed by atoms with E-state index in [4.69, 9.17) is 0 Å². The molecule has 3 aromatic carbocycles. The summed E-state index contributed by atoms with van der Waals surface area (Å²) in [5, 5.41) is 3.57. The van der Waals surface area contributed by atoms with Crippen LogP contribution in [0.5, 0.6) is 0 Å². The minimum atomic E-state index is -4.56. The summed E-state index contributed by atoms with van der Waals surface area (Å²) >= 11 is 3.64. The number of rotatable bonds is 4. The van der Waals surface area contributed by atoms with Gasteiger partial charge in [-0.3, -0.25) is 4.72 Å². The molecule has 0 spiro atoms. The van der Waals surface area contributed by atoms with Crippen LogP contribution in [0.1, 0.15) is 35.1 Å². The first-order valence-corrected chi connectivity index (χ1v) is 12.9. The highest BCUT2D eigenvalue weighted by Gasteiger charge is 2.39. The molecule has 0 saturated carbocycles. The van der Waals surface area contributed by atoms with Crippen molar-refractivity contribution in [3.8, 4) is 0 Å². The van der Waals surface area contributed by atoms with Crippen LogP contribution in [0.3, 0.4) is 0 Å². The molecule has 3 atom stereocenters. The van der Waals surface area contributed by atoms with Crippen LogP contribution < -0.4 is 10.0 Å². The SMILES string of the molecule is O=S(=O)(Nc1cccc(C(F)(F)F)c1)c1ccc2c(c1)[C@@H]1C=CC[C@@H]1[C@H](c1ccccc1Br)N2. The Morgan fingerprint density at radius 3 is 2.53 bits per heavy atom. The van der Waals surface area contributed by atoms with Gasteiger partial charge in [0.25, 0.3) is 10.0 Å². The zero-order valence-corrected chi connectivity index (χ0v) is 20.1. The van der Waals surface area contributed by atoms with Gasteiger partial charge in [0, 0.05) is 21.8 Å². The van der Waals surface area contributed by atoms with Crippen molar-refractivity contribution in [2.45, 2.75) is 29.5 Å². The predicted octanol–water partition coefficient (Wildman–Crippen LogP) is 7.10. The highest BCUT2D eigenvalue weighted by atomic mass is 79.9. The van der Waals surface area contributed by atoms with Gasteiger partial charge in [0.05, 0.1) is 16.5 Å². The van der Waals surface area contributed by atoms with Crippen molar-refractivity contribution in [3.63, 3.8) is 0 Å². The maximum absolute atomic E-state index is 13.0. The van der Waals surface area contributed by atoms with Gasteiger partial charge in [-0.1, -0.05) is 52.3 Å². The molecule has 0 radical (unpaired) electrons. The van der Waals surface area contributed by atoms with E-state index >= 15 is 0 Å². The lowest BCUT2D eigenvalue weighted by Crippen LogP contribution is -2.29. The lowest BCUT2D eigenvalue weighted by Gasteiger charge is -2.38. The second-order valence-corrected chi connectivity index (χ2v) is 11.0. The fraction of sp³-hybridized carbons (Fsp3) is 0.200. The number of sulfonamides is 1. The Morgan fingerprint density at radius 2 is 1.76 bits per heavy atom. The quantitative estimate of drug-likeness (QED) is 0.342. The smallest absolute Gasteiger partial charge is 0.378 e. The third-order valence-corrected chi connectivity index (χ3v) is 8.43. The Balaban J connectivity index is 1.47. The minimum absolute atomic E-state index is 0.00357. The second kappa shape index (κ2) is 8.46. The zero-order chi connectivity index (χ0) is 24.1. The molecular weight excluding hydrogens is 529 g/mol. The molecule has 0 amide bonds. The molecule has 0 bridgehead atoms. The fourth-order valence-electron chi connectivity index (χ4n) is 4.75. The van der Waals surface area contributed by atoms with Gasteiger partial charge in [-0.2, -0.15) is 13.2 Å². The lowest BCUT2D eigenvalue weighted by atomic mass is 9.77. The number of halogens is 4. The molecule has 4 nitrogen and oxygen atoms in total. The molecule has 1 aliphatic heterocycles. The Hall–Kier alpha value is -2.78. The molecule has 0 unspecified atom stereocenters. The average molecular weight is 549 g/mol. The molecule has 176 valence electrons. The van der Waals surface area contributed by atoms with Crippen LogP contribution in [0.15, 0.2) is 88.3 Å². The van der Waals surface area contributed by atoms with Gasteiger partial charge >= 0.3 is 6.18 Å². The molecule has 5 rings (SSSR count). The molecule has 3 aromatic rings. The average Bonchev–Trinajstić information content (AvgIpc) is 3.28. The Labute approximate surface area is 204 Å². The number of benzene rings is 3. The van der Waals surface area contributed by atoms with Crippen LogP contribution in [0.25, 0.3) is 0 Å². The molecule has 1 aliphatic carbocycles. The van der Waals surface area contributed by atoms with Gasteiger partial charge in [0.15, 0.2) is 0 Å². The maximum Gasteiger partial charge on any atom is 0.416 e. The highest BCUT2D eigenvalue weighted by molar-refractivity contribution is 9.10. The Morgan fingerprint density at radius 1 is 0.971 bits per heavy atom. The van der Waals surface area contributed by atoms with Crippen LogP contribution >= 0.6 is 15.9 Å². The molecular formula is C25H20BrF3N2O2S. The van der Waals surface area contributed by atoms with Gasteiger partial charge < -0.3 is 5.32 Å². The van der Waals surface area contributed by atoms with E-state index in [0.717, 1.165) is 39.8 Å². The summed E-state index contributed by atoms with van der Waals surface area (Å²) in [5.41, 5.74) is 1.77. The largest absolute Gasteiger partial charge is 0.416 e. The Bertz CT molecular complexity index is 1390. The van der Waals surface area contributed by atoms with E-state index in [-0.39, 0.29) is 28.5 Å². The predicted molar refractivity (Wildman–Crippen MR) is 129 cm³/mol. The van der Waals surface area contributed by atoms with Crippen molar-refractivity contribution in [1.29, 1.82) is 0 Å². The number of fused-ring (bicyclic) bond motifs is 3. The van der Waals surface area contributed by atoms with E-state index in [9.17, 15) is 21.6 Å². The Kier molecular flexibility index (Phi) is 5.72. The van der Waals surface area contributed by atoms with Crippen LogP contribution in [-0.2, 0) is 16.2 Å². The van der Waals surface area contributed by atoms with Crippen molar-refractivity contribution in [2.24, 2.45) is 5.92 Å². The highest BCUT2D eigenvalue weighted by Crippen LogP contribution is 2.51. The van der Waals surface area contributed by atoms with E-state index in [1.165, 1.54) is 18.2 Å². The van der Waals surface area contributed by atoms with Crippen molar-refractivity contribution >= 4 is 37.3 Å². The monoisotopic (exact) mass is 548 g/mol. The van der Waals surface area contributed by atoms with Gasteiger partial charge in [0.2, 0.25) is 0 Å². The van der Waals surface area contributed by atoms with E-state index in [1.807, 2.05) is 18.2 Å². The van der Waals surface area contributed by atoms with E-state index in [2.05, 4.69) is 44.2 Å². The number of hydrogen-bond acceptors (Lipinski definition) is 3. The minimum Gasteiger partial charge on any atom is -0.378 e. The van der Waals surface area contributed by atoms with Gasteiger partial charge in [-0.05, 0) is 65.9 Å². The van der Waals surface area contributed by atoms with E-state index < -0.39 is 21.8 Å². The van der Waals surface area contributed by atoms with Crippen molar-refractivity contribution in [1.82, 2.24) is 0 Å². The topological polar surface area (TPSA) is 58.2 Å². The second-order valence-electron chi connectivity index (χ2n) is 8.43. The summed E-state index contributed by atoms with van der Waals surface area (Å²) < 4.78 is 68.4. The fourth-order valence-corrected chi connectivity index (χ4v) is 6.36. The zero-order valence-electron chi connectivity index (χ0n) is 17.7. The first-order chi connectivity index (χ1) is 16.1. The number of anilines is 2. The molecule has 0 saturated heterocycles. The van der Waals surface area contributed by atoms with E-state index in [0.29, 0.717) is 0 Å². The maximum atomic E-state index is 13.0. The van der Waals surface area contributed by atoms with Crippen LogP contribution in [0, 0.1) is 5.92 Å². The first-order valence-electron chi connectivity index (χ1n) is 10.7. The molecule has 0 aromatic heterocycles. The number of hydrogen-bond donors (Lipinski definition) is 2. The van der Waals surface area contributed by atoms with Crippen molar-refractivity contribution in [3.05, 3.63) is 100 Å². The van der Waals surface area contributed by atoms with Gasteiger partial charge in [-0.15, -0.1) is 0 Å². The van der Waals surface area contributed by atoms with E-state index in [1.54, 1.807) is 12.1 Å². The number of nitrogens with one attached hydrogen (secondary N) is 2. The summed E-state index contributed by atoms with van der Waals surface area (Å²) in [4.78, 5) is 0.00357. The number of allylic oxidation sites excluding steroid dienone is 2. The standard InChI is InChI=1S/C25H20BrF3N2O2S/c26-22-10-2-1-7-20(22)24-19-9-4-8-18(19)21-14-17(11-12-23(21)30-24)34(32,33)31-16-6-3-5-15(13-16)25(27,28)29/h1-8,10-14,18-19,24,30-31H,9H2/t18-,19+,24-/m1/s1. The summed E-state index contributed by atoms with van der Waals surface area (Å²) in [7, 11) is -4.09. The lowest BCUT2D eigenvalue weighted by molar-refractivity contribution is -0.137. The normalized spacial score (nSPS) is 21.5. The molecule has 34 heavy (non-hydrogen) atoms. The summed E-state index contributed by atoms with van der Waals surface area (Å²) in [6.45, 7) is 0. The first kappa shape index (κ1) is 23.0. The molecule has 2 N–H and O–H groups in total. The molecule has 1 heterocycles. The van der Waals surface area contributed by atoms with Crippen molar-refractivity contribution < 1.29 is 21.6 Å². The molecule has 0 fully saturated rings. The molecule has 9 heteroatoms. The van der Waals surface area contributed by atoms with Crippen LogP contribution in [0.2, 0.25) is 0 Å². The van der Waals surface area contributed by atoms with Gasteiger partial charge in [-0.25, -0.2) is 8.42 Å². The third kappa shape index (κ3) is 4.22. The van der Waals surface area contributed by atoms with Crippen LogP contribution in [0.4, 0.5) is 24.5 Å². The summed E-state index contributed by atoms with van der Waals surface area (Å²) in [6, 6.07) is 17.0. The van der Waals surface area contributed by atoms with Crippen molar-refractivity contribution in [2.75, 3.05) is 10.0 Å². The summed E-state index contributed by atoms with van der Waals surface area (Å²) in [6.07, 6.45) is 0.498. The van der Waals surface area contributed by atoms with Crippen LogP contribution in [-0.4, -0.2) is 8.42 Å².